The Morgan fingerprint density at radius 1 is 1.29 bits per heavy atom. The second-order valence-corrected chi connectivity index (χ2v) is 8.11. The van der Waals surface area contributed by atoms with Crippen LogP contribution in [0.1, 0.15) is 32.6 Å². The van der Waals surface area contributed by atoms with Gasteiger partial charge >= 0.3 is 5.97 Å². The van der Waals surface area contributed by atoms with E-state index in [0.717, 1.165) is 12.7 Å². The van der Waals surface area contributed by atoms with Gasteiger partial charge in [0.25, 0.3) is 0 Å². The number of amides is 1. The lowest BCUT2D eigenvalue weighted by Gasteiger charge is -2.42. The van der Waals surface area contributed by atoms with Gasteiger partial charge in [0.1, 0.15) is 0 Å². The summed E-state index contributed by atoms with van der Waals surface area (Å²) in [5.41, 5.74) is -0.895. The minimum absolute atomic E-state index is 0.0218. The number of hydrogen-bond acceptors (Lipinski definition) is 4. The molecule has 1 N–H and O–H groups in total. The molecule has 1 atom stereocenters. The highest BCUT2D eigenvalue weighted by molar-refractivity contribution is 7.88. The predicted octanol–water partition coefficient (Wildman–Crippen LogP) is 0.124. The number of rotatable bonds is 4. The number of sulfonamides is 1. The first kappa shape index (κ1) is 16.2. The maximum Gasteiger partial charge on any atom is 0.310 e. The third kappa shape index (κ3) is 3.21. The van der Waals surface area contributed by atoms with E-state index in [-0.39, 0.29) is 24.9 Å². The maximum absolute atomic E-state index is 12.3. The fourth-order valence-corrected chi connectivity index (χ4v) is 4.26. The molecule has 1 amide bonds. The Labute approximate surface area is 125 Å². The molecule has 2 aliphatic rings. The molecule has 0 bridgehead atoms. The molecule has 1 heterocycles. The van der Waals surface area contributed by atoms with Gasteiger partial charge in [0.05, 0.1) is 11.7 Å². The van der Waals surface area contributed by atoms with E-state index >= 15 is 0 Å². The van der Waals surface area contributed by atoms with Crippen molar-refractivity contribution in [3.63, 3.8) is 0 Å². The number of aliphatic carboxylic acids is 1. The molecular weight excluding hydrogens is 296 g/mol. The van der Waals surface area contributed by atoms with Crippen molar-refractivity contribution in [1.29, 1.82) is 0 Å². The quantitative estimate of drug-likeness (QED) is 0.794. The zero-order chi connectivity index (χ0) is 15.8. The summed E-state index contributed by atoms with van der Waals surface area (Å²) >= 11 is 0. The van der Waals surface area contributed by atoms with E-state index in [1.165, 1.54) is 4.31 Å². The van der Waals surface area contributed by atoms with E-state index < -0.39 is 21.4 Å². The van der Waals surface area contributed by atoms with Crippen LogP contribution in [-0.4, -0.2) is 66.5 Å². The second-order valence-electron chi connectivity index (χ2n) is 6.18. The summed E-state index contributed by atoms with van der Waals surface area (Å²) < 4.78 is 24.6. The summed E-state index contributed by atoms with van der Waals surface area (Å²) in [5.74, 6) is -1.08. The summed E-state index contributed by atoms with van der Waals surface area (Å²) in [6.45, 7) is 2.68. The number of carbonyl (C=O) groups is 2. The molecule has 1 saturated carbocycles. The van der Waals surface area contributed by atoms with E-state index in [1.54, 1.807) is 11.8 Å². The van der Waals surface area contributed by atoms with Crippen molar-refractivity contribution in [2.45, 2.75) is 38.6 Å². The average molecular weight is 318 g/mol. The first-order valence-electron chi connectivity index (χ1n) is 7.14. The Morgan fingerprint density at radius 2 is 1.90 bits per heavy atom. The Balaban J connectivity index is 1.98. The molecule has 0 aromatic heterocycles. The number of carboxylic acid groups (broad SMARTS) is 1. The van der Waals surface area contributed by atoms with Crippen LogP contribution in [0.25, 0.3) is 0 Å². The van der Waals surface area contributed by atoms with Gasteiger partial charge in [-0.25, -0.2) is 8.42 Å². The van der Waals surface area contributed by atoms with E-state index in [1.807, 2.05) is 0 Å². The molecule has 21 heavy (non-hydrogen) atoms. The first-order chi connectivity index (χ1) is 9.66. The Kier molecular flexibility index (Phi) is 4.30. The van der Waals surface area contributed by atoms with Gasteiger partial charge in [-0.05, 0) is 19.8 Å². The van der Waals surface area contributed by atoms with E-state index in [2.05, 4.69) is 0 Å². The van der Waals surface area contributed by atoms with Gasteiger partial charge < -0.3 is 10.0 Å². The minimum Gasteiger partial charge on any atom is -0.481 e. The van der Waals surface area contributed by atoms with Crippen LogP contribution in [-0.2, 0) is 19.6 Å². The molecular formula is C13H22N2O5S. The molecule has 2 rings (SSSR count). The van der Waals surface area contributed by atoms with Crippen LogP contribution in [0.5, 0.6) is 0 Å². The van der Waals surface area contributed by atoms with Crippen LogP contribution in [0.2, 0.25) is 0 Å². The molecule has 0 aromatic rings. The van der Waals surface area contributed by atoms with Crippen LogP contribution in [0, 0.1) is 5.41 Å². The lowest BCUT2D eigenvalue weighted by molar-refractivity contribution is -0.160. The molecule has 2 fully saturated rings. The minimum atomic E-state index is -3.26. The Hall–Kier alpha value is -1.15. The van der Waals surface area contributed by atoms with Gasteiger partial charge in [-0.2, -0.15) is 4.31 Å². The molecule has 0 radical (unpaired) electrons. The first-order valence-corrected chi connectivity index (χ1v) is 8.98. The van der Waals surface area contributed by atoms with Crippen LogP contribution >= 0.6 is 0 Å². The van der Waals surface area contributed by atoms with Crippen LogP contribution in [0.3, 0.4) is 0 Å². The summed E-state index contributed by atoms with van der Waals surface area (Å²) in [4.78, 5) is 25.2. The average Bonchev–Trinajstić information content (AvgIpc) is 2.31. The van der Waals surface area contributed by atoms with Crippen LogP contribution in [0.4, 0.5) is 0 Å². The van der Waals surface area contributed by atoms with Crippen molar-refractivity contribution in [1.82, 2.24) is 9.21 Å². The molecule has 1 aliphatic heterocycles. The van der Waals surface area contributed by atoms with Gasteiger partial charge in [0.2, 0.25) is 15.9 Å². The number of hydrogen-bond donors (Lipinski definition) is 1. The molecule has 8 heteroatoms. The van der Waals surface area contributed by atoms with Gasteiger partial charge in [0, 0.05) is 32.1 Å². The molecule has 1 aliphatic carbocycles. The fraction of sp³-hybridized carbons (Fsp3) is 0.846. The Morgan fingerprint density at radius 3 is 2.29 bits per heavy atom. The van der Waals surface area contributed by atoms with Crippen molar-refractivity contribution >= 4 is 21.9 Å². The van der Waals surface area contributed by atoms with E-state index in [0.29, 0.717) is 25.9 Å². The zero-order valence-corrected chi connectivity index (χ0v) is 13.2. The molecule has 120 valence electrons. The van der Waals surface area contributed by atoms with Crippen LogP contribution < -0.4 is 0 Å². The lowest BCUT2D eigenvalue weighted by Crippen LogP contribution is -2.56. The monoisotopic (exact) mass is 318 g/mol. The largest absolute Gasteiger partial charge is 0.481 e. The van der Waals surface area contributed by atoms with Crippen LogP contribution in [0.15, 0.2) is 0 Å². The normalized spacial score (nSPS) is 26.2. The van der Waals surface area contributed by atoms with Gasteiger partial charge in [-0.15, -0.1) is 0 Å². The van der Waals surface area contributed by atoms with Gasteiger partial charge in [-0.3, -0.25) is 9.59 Å². The van der Waals surface area contributed by atoms with Crippen molar-refractivity contribution in [2.24, 2.45) is 5.41 Å². The molecule has 7 nitrogen and oxygen atoms in total. The standard InChI is InChI=1S/C13H22N2O5S/c1-10-9-14(6-7-15(10)21(2,19)20)11(16)8-13(12(17)18)4-3-5-13/h10H,3-9H2,1-2H3,(H,17,18)/t10-/m0/s1. The smallest absolute Gasteiger partial charge is 0.310 e. The highest BCUT2D eigenvalue weighted by atomic mass is 32.2. The number of nitrogens with zero attached hydrogens (tertiary/aromatic N) is 2. The van der Waals surface area contributed by atoms with Crippen molar-refractivity contribution in [3.05, 3.63) is 0 Å². The summed E-state index contributed by atoms with van der Waals surface area (Å²) in [6.07, 6.45) is 3.13. The number of carboxylic acids is 1. The van der Waals surface area contributed by atoms with Gasteiger partial charge in [0.15, 0.2) is 0 Å². The van der Waals surface area contributed by atoms with Crippen molar-refractivity contribution in [2.75, 3.05) is 25.9 Å². The summed E-state index contributed by atoms with van der Waals surface area (Å²) in [5, 5.41) is 9.27. The second kappa shape index (κ2) is 5.57. The molecule has 0 unspecified atom stereocenters. The van der Waals surface area contributed by atoms with E-state index in [9.17, 15) is 23.1 Å². The summed E-state index contributed by atoms with van der Waals surface area (Å²) in [6, 6.07) is -0.278. The summed E-state index contributed by atoms with van der Waals surface area (Å²) in [7, 11) is -3.26. The number of piperazine rings is 1. The zero-order valence-electron chi connectivity index (χ0n) is 12.4. The topological polar surface area (TPSA) is 95.0 Å². The molecule has 0 spiro atoms. The van der Waals surface area contributed by atoms with Crippen molar-refractivity contribution < 1.29 is 23.1 Å². The third-order valence-corrected chi connectivity index (χ3v) is 5.99. The molecule has 0 aromatic carbocycles. The SMILES string of the molecule is C[C@H]1CN(C(=O)CC2(C(=O)O)CCC2)CCN1S(C)(=O)=O. The van der Waals surface area contributed by atoms with Crippen molar-refractivity contribution in [3.8, 4) is 0 Å². The maximum atomic E-state index is 12.3. The Bertz CT molecular complexity index is 541. The number of carbonyl (C=O) groups excluding carboxylic acids is 1. The highest BCUT2D eigenvalue weighted by Crippen LogP contribution is 2.44. The third-order valence-electron chi connectivity index (χ3n) is 4.60. The predicted molar refractivity (Wildman–Crippen MR) is 76.1 cm³/mol. The highest BCUT2D eigenvalue weighted by Gasteiger charge is 2.47. The van der Waals surface area contributed by atoms with Gasteiger partial charge in [-0.1, -0.05) is 6.42 Å². The lowest BCUT2D eigenvalue weighted by atomic mass is 9.66. The fourth-order valence-electron chi connectivity index (χ4n) is 3.13. The molecule has 1 saturated heterocycles. The van der Waals surface area contributed by atoms with E-state index in [4.69, 9.17) is 0 Å².